The van der Waals surface area contributed by atoms with Gasteiger partial charge in [0.25, 0.3) is 36.9 Å². The fourth-order valence-corrected chi connectivity index (χ4v) is 9.99. The third kappa shape index (κ3) is 9.01. The number of phenolic OH excluding ortho intramolecular Hbond substituents is 1. The average Bonchev–Trinajstić information content (AvgIpc) is 3.73. The number of aromatic nitrogens is 4. The summed E-state index contributed by atoms with van der Waals surface area (Å²) in [7, 11) is -5.60. The van der Waals surface area contributed by atoms with Crippen LogP contribution in [0.3, 0.4) is 0 Å². The maximum absolute atomic E-state index is 13.7. The number of phenols is 1. The molecule has 2 heterocycles. The largest absolute Gasteiger partial charge is 0.508 e. The van der Waals surface area contributed by atoms with Crippen molar-refractivity contribution in [2.24, 2.45) is 0 Å². The Bertz CT molecular complexity index is 3530. The Kier molecular flexibility index (Phi) is 12.7. The van der Waals surface area contributed by atoms with Crippen molar-refractivity contribution in [3.63, 3.8) is 0 Å². The molecule has 0 unspecified atom stereocenters. The Morgan fingerprint density at radius 3 is 1.65 bits per heavy atom. The monoisotopic (exact) mass is 938 g/mol. The van der Waals surface area contributed by atoms with E-state index in [0.29, 0.717) is 22.7 Å². The lowest BCUT2D eigenvalue weighted by Crippen LogP contribution is -2.28. The number of nitro groups is 1. The number of nitrogens with zero attached hydrogens (tertiary/aromatic N) is 5. The second-order valence-corrected chi connectivity index (χ2v) is 18.2. The molecule has 0 fully saturated rings. The first-order valence-corrected chi connectivity index (χ1v) is 22.5. The number of fused-ring (bicyclic) bond motifs is 2. The van der Waals surface area contributed by atoms with Gasteiger partial charge < -0.3 is 19.9 Å². The van der Waals surface area contributed by atoms with Crippen molar-refractivity contribution in [3.8, 4) is 17.2 Å². The number of hydrogen-bond acceptors (Lipinski definition) is 12. The van der Waals surface area contributed by atoms with Gasteiger partial charge in [-0.1, -0.05) is 29.8 Å². The van der Waals surface area contributed by atoms with E-state index in [1.54, 1.807) is 24.3 Å². The van der Waals surface area contributed by atoms with Crippen LogP contribution in [0, 0.1) is 22.9 Å². The first-order valence-electron chi connectivity index (χ1n) is 19.6. The van der Waals surface area contributed by atoms with Crippen molar-refractivity contribution >= 4 is 59.1 Å². The van der Waals surface area contributed by atoms with Gasteiger partial charge in [0.15, 0.2) is 0 Å². The fourth-order valence-electron chi connectivity index (χ4n) is 7.01. The van der Waals surface area contributed by atoms with Gasteiger partial charge in [-0.2, -0.15) is 25.0 Å². The van der Waals surface area contributed by atoms with E-state index in [0.717, 1.165) is 41.3 Å². The number of rotatable bonds is 12. The molecule has 2 N–H and O–H groups in total. The minimum absolute atomic E-state index is 0.0257. The van der Waals surface area contributed by atoms with E-state index in [1.807, 2.05) is 6.92 Å². The highest BCUT2D eigenvalue weighted by Gasteiger charge is 2.28. The summed E-state index contributed by atoms with van der Waals surface area (Å²) >= 11 is 0. The third-order valence-electron chi connectivity index (χ3n) is 10.3. The topological polar surface area (TPSA) is 233 Å². The number of carbonyl (C=O) groups excluding carboxylic acids is 1. The second kappa shape index (κ2) is 18.2. The van der Waals surface area contributed by atoms with Gasteiger partial charge in [-0.15, -0.1) is 0 Å². The van der Waals surface area contributed by atoms with Crippen LogP contribution in [0.15, 0.2) is 147 Å². The Hall–Kier alpha value is -8.04. The van der Waals surface area contributed by atoms with Gasteiger partial charge in [-0.3, -0.25) is 24.5 Å². The van der Waals surface area contributed by atoms with Crippen molar-refractivity contribution in [2.45, 2.75) is 36.7 Å². The third-order valence-corrected chi connectivity index (χ3v) is 13.7. The second-order valence-electron chi connectivity index (χ2n) is 14.7. The summed E-state index contributed by atoms with van der Waals surface area (Å²) in [5.74, 6) is -0.332. The van der Waals surface area contributed by atoms with E-state index >= 15 is 0 Å². The summed E-state index contributed by atoms with van der Waals surface area (Å²) in [6.07, 6.45) is 0. The first kappa shape index (κ1) is 46.0. The average molecular weight is 939 g/mol. The summed E-state index contributed by atoms with van der Waals surface area (Å²) in [6, 6.07) is 29.5. The number of aromatic hydroxyl groups is 1. The van der Waals surface area contributed by atoms with Crippen LogP contribution in [0.2, 0.25) is 0 Å². The van der Waals surface area contributed by atoms with Gasteiger partial charge in [-0.05, 0) is 103 Å². The molecule has 6 aromatic carbocycles. The van der Waals surface area contributed by atoms with Crippen LogP contribution < -0.4 is 25.9 Å². The van der Waals surface area contributed by atoms with Crippen molar-refractivity contribution in [1.82, 2.24) is 17.5 Å². The van der Waals surface area contributed by atoms with Crippen LogP contribution in [0.4, 0.5) is 15.8 Å². The molecule has 18 nitrogen and oxygen atoms in total. The number of amides is 1. The predicted octanol–water partition coefficient (Wildman–Crippen LogP) is 6.21. The molecule has 21 heteroatoms. The molecule has 8 aromatic rings. The number of hydrogen-bond donors (Lipinski definition) is 2. The van der Waals surface area contributed by atoms with Crippen molar-refractivity contribution in [3.05, 3.63) is 181 Å². The molecule has 0 radical (unpaired) electrons. The maximum atomic E-state index is 13.7. The van der Waals surface area contributed by atoms with E-state index in [2.05, 4.69) is 5.32 Å². The number of carbonyl (C=O) groups is 1. The normalized spacial score (nSPS) is 11.5. The number of aryl methyl sites for hydroxylation is 1. The highest BCUT2D eigenvalue weighted by Crippen LogP contribution is 2.29. The van der Waals surface area contributed by atoms with Gasteiger partial charge in [0.05, 0.1) is 63.8 Å². The minimum Gasteiger partial charge on any atom is -0.508 e. The number of nitro benzene ring substituents is 1. The predicted molar refractivity (Wildman–Crippen MR) is 242 cm³/mol. The van der Waals surface area contributed by atoms with E-state index < -0.39 is 48.5 Å². The molecule has 0 bridgehead atoms. The highest BCUT2D eigenvalue weighted by atomic mass is 32.2. The quantitative estimate of drug-likeness (QED) is 0.103. The zero-order chi connectivity index (χ0) is 47.7. The van der Waals surface area contributed by atoms with Gasteiger partial charge in [-0.25, -0.2) is 13.8 Å². The molecule has 340 valence electrons. The Morgan fingerprint density at radius 2 is 1.18 bits per heavy atom. The van der Waals surface area contributed by atoms with Crippen molar-refractivity contribution < 1.29 is 45.5 Å². The molecule has 66 heavy (non-hydrogen) atoms. The number of methoxy groups -OCH3 is 2. The van der Waals surface area contributed by atoms with Crippen LogP contribution in [0.5, 0.6) is 17.2 Å². The number of halogens is 1. The molecule has 0 aliphatic heterocycles. The Balaban J connectivity index is 0.000000199. The van der Waals surface area contributed by atoms with Crippen LogP contribution in [0.25, 0.3) is 21.8 Å². The number of nitrogens with one attached hydrogen (secondary N) is 1. The minimum atomic E-state index is -4.39. The molecule has 0 aliphatic carbocycles. The first-order chi connectivity index (χ1) is 31.3. The molecule has 1 amide bonds. The standard InChI is InChI=1S/C23H20N4O8S.C22H19FN2O4S/c1-14(28)24-16-3-7-19(8-4-16)36(33,34)26-21-9-6-18(35-2)12-20(21)23(30)25(26)13-15-11-17(27(31)32)5-10-22(15)29;1-15-3-10-19(11-4-15)30(27,28)25-21-12-9-18(29-2)13-20(21)22(26)24(25)14-16-5-7-17(23)8-6-16/h3-12,29H,13H2,1-2H3,(H,24,28);3-13H,14H2,1-2H3. The lowest BCUT2D eigenvalue weighted by Gasteiger charge is -2.15. The van der Waals surface area contributed by atoms with Gasteiger partial charge in [0.2, 0.25) is 5.91 Å². The number of anilines is 1. The SMILES string of the molecule is COc1ccc2c(c1)c(=O)n(Cc1cc([N+](=O)[O-])ccc1O)n2S(=O)(=O)c1ccc(NC(C)=O)cc1.COc1ccc2c(c1)c(=O)n(Cc1ccc(F)cc1)n2S(=O)(=O)c1ccc(C)cc1. The molecule has 8 rings (SSSR count). The smallest absolute Gasteiger partial charge is 0.282 e. The lowest BCUT2D eigenvalue weighted by atomic mass is 10.2. The van der Waals surface area contributed by atoms with Crippen molar-refractivity contribution in [1.29, 1.82) is 0 Å². The zero-order valence-corrected chi connectivity index (χ0v) is 37.0. The molecule has 0 saturated heterocycles. The molecule has 0 saturated carbocycles. The summed E-state index contributed by atoms with van der Waals surface area (Å²) in [6.45, 7) is 2.65. The van der Waals surface area contributed by atoms with Gasteiger partial charge >= 0.3 is 0 Å². The van der Waals surface area contributed by atoms with Crippen LogP contribution in [-0.2, 0) is 37.9 Å². The summed E-state index contributed by atoms with van der Waals surface area (Å²) < 4.78 is 81.9. The van der Waals surface area contributed by atoms with Crippen LogP contribution >= 0.6 is 0 Å². The van der Waals surface area contributed by atoms with E-state index in [4.69, 9.17) is 9.47 Å². The maximum Gasteiger partial charge on any atom is 0.282 e. The van der Waals surface area contributed by atoms with Crippen molar-refractivity contribution in [2.75, 3.05) is 19.5 Å². The fraction of sp³-hybridized carbons (Fsp3) is 0.133. The number of benzene rings is 6. The number of ether oxygens (including phenoxy) is 2. The van der Waals surface area contributed by atoms with E-state index in [9.17, 15) is 50.8 Å². The zero-order valence-electron chi connectivity index (χ0n) is 35.4. The lowest BCUT2D eigenvalue weighted by molar-refractivity contribution is -0.384. The summed E-state index contributed by atoms with van der Waals surface area (Å²) in [5.41, 5.74) is 0.600. The Labute approximate surface area is 375 Å². The summed E-state index contributed by atoms with van der Waals surface area (Å²) in [5, 5.41) is 24.3. The molecular formula is C45H39FN6O12S2. The van der Waals surface area contributed by atoms with E-state index in [-0.39, 0.29) is 61.0 Å². The van der Waals surface area contributed by atoms with E-state index in [1.165, 1.54) is 106 Å². The van der Waals surface area contributed by atoms with Crippen LogP contribution in [-0.4, -0.2) is 64.5 Å². The molecule has 0 atom stereocenters. The molecule has 2 aromatic heterocycles. The molecular weight excluding hydrogens is 900 g/mol. The van der Waals surface area contributed by atoms with Gasteiger partial charge in [0.1, 0.15) is 23.1 Å². The number of non-ortho nitro benzene ring substituents is 1. The van der Waals surface area contributed by atoms with Gasteiger partial charge in [0, 0.05) is 30.3 Å². The van der Waals surface area contributed by atoms with Crippen LogP contribution in [0.1, 0.15) is 23.6 Å². The Morgan fingerprint density at radius 1 is 0.697 bits per heavy atom. The highest BCUT2D eigenvalue weighted by molar-refractivity contribution is 7.90. The molecule has 0 spiro atoms. The molecule has 0 aliphatic rings. The summed E-state index contributed by atoms with van der Waals surface area (Å²) in [4.78, 5) is 48.3.